The van der Waals surface area contributed by atoms with Crippen molar-refractivity contribution >= 4 is 46.8 Å². The third-order valence-electron chi connectivity index (χ3n) is 4.81. The number of carbonyl (C=O) groups is 2. The minimum absolute atomic E-state index is 0.0306. The molecule has 4 rings (SSSR count). The van der Waals surface area contributed by atoms with Gasteiger partial charge in [0.2, 0.25) is 0 Å². The average Bonchev–Trinajstić information content (AvgIpc) is 3.37. The lowest BCUT2D eigenvalue weighted by Crippen LogP contribution is -2.54. The van der Waals surface area contributed by atoms with Gasteiger partial charge in [-0.25, -0.2) is 0 Å². The second-order valence-electron chi connectivity index (χ2n) is 6.76. The molecule has 1 N–H and O–H groups in total. The molecule has 3 heterocycles. The van der Waals surface area contributed by atoms with Gasteiger partial charge in [0.1, 0.15) is 17.1 Å². The van der Waals surface area contributed by atoms with Crippen LogP contribution in [0.1, 0.15) is 25.5 Å². The fraction of sp³-hybridized carbons (Fsp3) is 0.286. The highest BCUT2D eigenvalue weighted by molar-refractivity contribution is 7.80. The van der Waals surface area contributed by atoms with Gasteiger partial charge in [0.25, 0.3) is 11.8 Å². The van der Waals surface area contributed by atoms with Crippen molar-refractivity contribution in [3.05, 3.63) is 47.7 Å². The van der Waals surface area contributed by atoms with Gasteiger partial charge in [0.05, 0.1) is 12.3 Å². The van der Waals surface area contributed by atoms with Crippen molar-refractivity contribution < 1.29 is 18.7 Å². The summed E-state index contributed by atoms with van der Waals surface area (Å²) in [6.07, 6.45) is 3.72. The van der Waals surface area contributed by atoms with Crippen LogP contribution in [-0.2, 0) is 9.59 Å². The van der Waals surface area contributed by atoms with E-state index in [0.29, 0.717) is 23.8 Å². The maximum Gasteiger partial charge on any atom is 0.270 e. The highest BCUT2D eigenvalue weighted by Crippen LogP contribution is 2.27. The highest BCUT2D eigenvalue weighted by atomic mass is 32.1. The van der Waals surface area contributed by atoms with Gasteiger partial charge < -0.3 is 14.1 Å². The van der Waals surface area contributed by atoms with E-state index in [-0.39, 0.29) is 10.7 Å². The van der Waals surface area contributed by atoms with Crippen LogP contribution in [0.3, 0.4) is 0 Å². The number of ether oxygens (including phenoxy) is 1. The summed E-state index contributed by atoms with van der Waals surface area (Å²) in [4.78, 5) is 29.0. The van der Waals surface area contributed by atoms with E-state index in [0.717, 1.165) is 31.8 Å². The number of amides is 2. The van der Waals surface area contributed by atoms with E-state index < -0.39 is 11.8 Å². The van der Waals surface area contributed by atoms with E-state index in [4.69, 9.17) is 21.4 Å². The first-order chi connectivity index (χ1) is 14.1. The number of furan rings is 1. The maximum absolute atomic E-state index is 13.1. The number of nitrogens with one attached hydrogen (secondary N) is 1. The second kappa shape index (κ2) is 8.08. The topological polar surface area (TPSA) is 75.0 Å². The molecule has 2 fully saturated rings. The minimum atomic E-state index is -0.545. The molecule has 0 bridgehead atoms. The Morgan fingerprint density at radius 2 is 2.00 bits per heavy atom. The smallest absolute Gasteiger partial charge is 0.270 e. The standard InChI is InChI=1S/C21H21N3O4S/c1-2-27-15-7-5-6-14(12-15)24-20(26)17(19(25)22-21(24)29)13-16-8-9-18(28-16)23-10-3-4-11-23/h5-9,12-13H,2-4,10-11H2,1H3,(H,22,25,29)/b17-13+. The Balaban J connectivity index is 1.63. The van der Waals surface area contributed by atoms with Crippen molar-refractivity contribution in [1.82, 2.24) is 5.32 Å². The van der Waals surface area contributed by atoms with Crippen molar-refractivity contribution in [2.75, 3.05) is 29.5 Å². The van der Waals surface area contributed by atoms with Crippen LogP contribution in [0.15, 0.2) is 46.4 Å². The Labute approximate surface area is 173 Å². The zero-order valence-electron chi connectivity index (χ0n) is 16.0. The molecule has 0 spiro atoms. The Hall–Kier alpha value is -3.13. The van der Waals surface area contributed by atoms with Crippen LogP contribution in [0, 0.1) is 0 Å². The zero-order valence-corrected chi connectivity index (χ0v) is 16.8. The monoisotopic (exact) mass is 411 g/mol. The molecule has 0 saturated carbocycles. The molecule has 0 unspecified atom stereocenters. The number of nitrogens with zero attached hydrogens (tertiary/aromatic N) is 2. The molecule has 8 heteroatoms. The van der Waals surface area contributed by atoms with E-state index in [1.165, 1.54) is 11.0 Å². The summed E-state index contributed by atoms with van der Waals surface area (Å²) in [7, 11) is 0. The SMILES string of the molecule is CCOc1cccc(N2C(=O)/C(=C/c3ccc(N4CCCC4)o3)C(=O)NC2=S)c1. The van der Waals surface area contributed by atoms with E-state index in [9.17, 15) is 9.59 Å². The van der Waals surface area contributed by atoms with Gasteiger partial charge in [0, 0.05) is 25.2 Å². The number of rotatable bonds is 5. The fourth-order valence-electron chi connectivity index (χ4n) is 3.44. The minimum Gasteiger partial charge on any atom is -0.494 e. The Kier molecular flexibility index (Phi) is 5.35. The summed E-state index contributed by atoms with van der Waals surface area (Å²) in [6, 6.07) is 10.6. The van der Waals surface area contributed by atoms with Gasteiger partial charge in [-0.05, 0) is 56.3 Å². The predicted octanol–water partition coefficient (Wildman–Crippen LogP) is 3.11. The van der Waals surface area contributed by atoms with E-state index in [2.05, 4.69) is 10.2 Å². The Bertz CT molecular complexity index is 991. The first-order valence-corrected chi connectivity index (χ1v) is 9.97. The van der Waals surface area contributed by atoms with Crippen LogP contribution in [0.2, 0.25) is 0 Å². The van der Waals surface area contributed by atoms with Gasteiger partial charge in [0.15, 0.2) is 11.0 Å². The van der Waals surface area contributed by atoms with Gasteiger partial charge in [-0.15, -0.1) is 0 Å². The largest absolute Gasteiger partial charge is 0.494 e. The van der Waals surface area contributed by atoms with Crippen molar-refractivity contribution in [3.8, 4) is 5.75 Å². The van der Waals surface area contributed by atoms with Crippen molar-refractivity contribution in [1.29, 1.82) is 0 Å². The van der Waals surface area contributed by atoms with Crippen LogP contribution in [-0.4, -0.2) is 36.6 Å². The fourth-order valence-corrected chi connectivity index (χ4v) is 3.72. The maximum atomic E-state index is 13.1. The van der Waals surface area contributed by atoms with Crippen LogP contribution in [0.25, 0.3) is 6.08 Å². The van der Waals surface area contributed by atoms with Crippen LogP contribution in [0.4, 0.5) is 11.6 Å². The molecule has 2 aliphatic rings. The first kappa shape index (κ1) is 19.2. The molecular formula is C21H21N3O4S. The van der Waals surface area contributed by atoms with Crippen molar-refractivity contribution in [2.24, 2.45) is 0 Å². The third kappa shape index (κ3) is 3.88. The number of hydrogen-bond acceptors (Lipinski definition) is 6. The molecule has 2 amide bonds. The Morgan fingerprint density at radius 3 is 2.76 bits per heavy atom. The lowest BCUT2D eigenvalue weighted by molar-refractivity contribution is -0.122. The number of anilines is 2. The lowest BCUT2D eigenvalue weighted by atomic mass is 10.1. The van der Waals surface area contributed by atoms with Crippen LogP contribution in [0.5, 0.6) is 5.75 Å². The predicted molar refractivity (Wildman–Crippen MR) is 114 cm³/mol. The molecule has 1 aromatic carbocycles. The zero-order chi connectivity index (χ0) is 20.4. The second-order valence-corrected chi connectivity index (χ2v) is 7.15. The normalized spacial score (nSPS) is 18.5. The molecule has 0 radical (unpaired) electrons. The van der Waals surface area contributed by atoms with Gasteiger partial charge in [-0.1, -0.05) is 6.07 Å². The first-order valence-electron chi connectivity index (χ1n) is 9.56. The van der Waals surface area contributed by atoms with E-state index in [1.807, 2.05) is 13.0 Å². The quantitative estimate of drug-likeness (QED) is 0.463. The number of benzene rings is 1. The van der Waals surface area contributed by atoms with E-state index >= 15 is 0 Å². The molecule has 0 aliphatic carbocycles. The van der Waals surface area contributed by atoms with Crippen LogP contribution >= 0.6 is 12.2 Å². The molecule has 2 saturated heterocycles. The molecular weight excluding hydrogens is 390 g/mol. The van der Waals surface area contributed by atoms with Crippen molar-refractivity contribution in [2.45, 2.75) is 19.8 Å². The molecule has 2 aliphatic heterocycles. The molecule has 29 heavy (non-hydrogen) atoms. The molecule has 0 atom stereocenters. The number of thiocarbonyl (C=S) groups is 1. The molecule has 1 aromatic heterocycles. The molecule has 7 nitrogen and oxygen atoms in total. The Morgan fingerprint density at radius 1 is 1.21 bits per heavy atom. The summed E-state index contributed by atoms with van der Waals surface area (Å²) in [6.45, 7) is 4.27. The summed E-state index contributed by atoms with van der Waals surface area (Å²) < 4.78 is 11.3. The highest BCUT2D eigenvalue weighted by Gasteiger charge is 2.35. The summed E-state index contributed by atoms with van der Waals surface area (Å²) in [5, 5.41) is 2.61. The van der Waals surface area contributed by atoms with Crippen molar-refractivity contribution in [3.63, 3.8) is 0 Å². The lowest BCUT2D eigenvalue weighted by Gasteiger charge is -2.29. The van der Waals surface area contributed by atoms with Gasteiger partial charge >= 0.3 is 0 Å². The summed E-state index contributed by atoms with van der Waals surface area (Å²) >= 11 is 5.24. The molecule has 150 valence electrons. The third-order valence-corrected chi connectivity index (χ3v) is 5.09. The molecule has 2 aromatic rings. The van der Waals surface area contributed by atoms with Gasteiger partial charge in [-0.3, -0.25) is 19.8 Å². The van der Waals surface area contributed by atoms with Gasteiger partial charge in [-0.2, -0.15) is 0 Å². The average molecular weight is 411 g/mol. The summed E-state index contributed by atoms with van der Waals surface area (Å²) in [5.41, 5.74) is 0.483. The van der Waals surface area contributed by atoms with E-state index in [1.54, 1.807) is 30.3 Å². The van der Waals surface area contributed by atoms with Crippen LogP contribution < -0.4 is 19.9 Å². The number of hydrogen-bond donors (Lipinski definition) is 1. The number of carbonyl (C=O) groups excluding carboxylic acids is 2. The summed E-state index contributed by atoms with van der Waals surface area (Å²) in [5.74, 6) is 0.753.